The summed E-state index contributed by atoms with van der Waals surface area (Å²) < 4.78 is 0. The van der Waals surface area contributed by atoms with Crippen molar-refractivity contribution in [3.8, 4) is 6.07 Å². The van der Waals surface area contributed by atoms with Gasteiger partial charge in [-0.25, -0.2) is 9.97 Å². The molecule has 0 fully saturated rings. The minimum atomic E-state index is -0.119. The van der Waals surface area contributed by atoms with Crippen molar-refractivity contribution in [1.29, 1.82) is 5.26 Å². The second-order valence-electron chi connectivity index (χ2n) is 6.45. The molecule has 5 nitrogen and oxygen atoms in total. The number of nitrogens with zero attached hydrogens (tertiary/aromatic N) is 4. The molecule has 0 amide bonds. The van der Waals surface area contributed by atoms with Gasteiger partial charge in [0.1, 0.15) is 17.5 Å². The Morgan fingerprint density at radius 2 is 1.95 bits per heavy atom. The zero-order valence-electron chi connectivity index (χ0n) is 14.3. The van der Waals surface area contributed by atoms with Gasteiger partial charge in [-0.3, -0.25) is 0 Å². The Kier molecular flexibility index (Phi) is 5.54. The van der Waals surface area contributed by atoms with Crippen molar-refractivity contribution in [3.63, 3.8) is 0 Å². The lowest BCUT2D eigenvalue weighted by molar-refractivity contribution is 0.542. The van der Waals surface area contributed by atoms with E-state index >= 15 is 0 Å². The topological polar surface area (TPSA) is 64.8 Å². The van der Waals surface area contributed by atoms with E-state index in [4.69, 9.17) is 10.2 Å². The van der Waals surface area contributed by atoms with Gasteiger partial charge in [-0.05, 0) is 20.8 Å². The number of nitrogens with one attached hydrogen (secondary N) is 1. The molecule has 0 spiro atoms. The monoisotopic (exact) mass is 289 g/mol. The molecule has 1 unspecified atom stereocenters. The van der Waals surface area contributed by atoms with Crippen LogP contribution in [0.2, 0.25) is 0 Å². The summed E-state index contributed by atoms with van der Waals surface area (Å²) in [6.45, 7) is 13.3. The standard InChI is InChI=1S/C16H27N5/c1-8-18-13-12(3)14(21(7)11(2)9-10-17)20-15(19-13)16(4,5)6/h11H,8-9H2,1-7H3,(H,18,19,20). The molecular weight excluding hydrogens is 262 g/mol. The third-order valence-electron chi connectivity index (χ3n) is 3.52. The summed E-state index contributed by atoms with van der Waals surface area (Å²) in [7, 11) is 1.99. The van der Waals surface area contributed by atoms with Crippen molar-refractivity contribution in [2.24, 2.45) is 0 Å². The molecule has 0 aliphatic carbocycles. The molecule has 1 N–H and O–H groups in total. The van der Waals surface area contributed by atoms with E-state index < -0.39 is 0 Å². The van der Waals surface area contributed by atoms with Gasteiger partial charge in [0.15, 0.2) is 0 Å². The largest absolute Gasteiger partial charge is 0.370 e. The van der Waals surface area contributed by atoms with Crippen molar-refractivity contribution in [2.45, 2.75) is 59.4 Å². The van der Waals surface area contributed by atoms with E-state index in [1.54, 1.807) is 0 Å². The first kappa shape index (κ1) is 17.2. The van der Waals surface area contributed by atoms with E-state index in [0.29, 0.717) is 6.42 Å². The van der Waals surface area contributed by atoms with Crippen LogP contribution in [0.3, 0.4) is 0 Å². The summed E-state index contributed by atoms with van der Waals surface area (Å²) in [5, 5.41) is 12.2. The van der Waals surface area contributed by atoms with Gasteiger partial charge in [0.05, 0.1) is 12.5 Å². The van der Waals surface area contributed by atoms with E-state index in [1.165, 1.54) is 0 Å². The first-order valence-corrected chi connectivity index (χ1v) is 7.45. The van der Waals surface area contributed by atoms with E-state index in [1.807, 2.05) is 20.9 Å². The smallest absolute Gasteiger partial charge is 0.138 e. The Bertz CT molecular complexity index is 525. The molecule has 0 bridgehead atoms. The molecule has 1 aromatic heterocycles. The molecule has 0 saturated carbocycles. The van der Waals surface area contributed by atoms with Crippen LogP contribution in [0.25, 0.3) is 0 Å². The van der Waals surface area contributed by atoms with Gasteiger partial charge in [0, 0.05) is 30.6 Å². The van der Waals surface area contributed by atoms with Crippen LogP contribution in [0.1, 0.15) is 52.4 Å². The Hall–Kier alpha value is -1.83. The number of anilines is 2. The number of hydrogen-bond donors (Lipinski definition) is 1. The highest BCUT2D eigenvalue weighted by Gasteiger charge is 2.23. The maximum atomic E-state index is 8.90. The van der Waals surface area contributed by atoms with Crippen LogP contribution < -0.4 is 10.2 Å². The molecule has 5 heteroatoms. The third kappa shape index (κ3) is 4.07. The van der Waals surface area contributed by atoms with Crippen LogP contribution in [-0.4, -0.2) is 29.6 Å². The van der Waals surface area contributed by atoms with E-state index in [9.17, 15) is 0 Å². The Labute approximate surface area is 128 Å². The molecule has 1 rings (SSSR count). The number of aromatic nitrogens is 2. The van der Waals surface area contributed by atoms with Gasteiger partial charge < -0.3 is 10.2 Å². The van der Waals surface area contributed by atoms with Gasteiger partial charge in [0.25, 0.3) is 0 Å². The minimum absolute atomic E-state index is 0.117. The quantitative estimate of drug-likeness (QED) is 0.901. The van der Waals surface area contributed by atoms with Gasteiger partial charge >= 0.3 is 0 Å². The maximum absolute atomic E-state index is 8.90. The molecular formula is C16H27N5. The number of hydrogen-bond acceptors (Lipinski definition) is 5. The Balaban J connectivity index is 3.36. The summed E-state index contributed by atoms with van der Waals surface area (Å²) in [4.78, 5) is 11.5. The normalized spacial score (nSPS) is 12.7. The van der Waals surface area contributed by atoms with Crippen LogP contribution in [0.15, 0.2) is 0 Å². The van der Waals surface area contributed by atoms with Crippen LogP contribution in [-0.2, 0) is 5.41 Å². The fourth-order valence-electron chi connectivity index (χ4n) is 2.00. The van der Waals surface area contributed by atoms with Gasteiger partial charge in [-0.15, -0.1) is 0 Å². The fraction of sp³-hybridized carbons (Fsp3) is 0.688. The van der Waals surface area contributed by atoms with Crippen molar-refractivity contribution in [1.82, 2.24) is 9.97 Å². The molecule has 116 valence electrons. The summed E-state index contributed by atoms with van der Waals surface area (Å²) in [6.07, 6.45) is 0.474. The first-order valence-electron chi connectivity index (χ1n) is 7.45. The molecule has 0 radical (unpaired) electrons. The second kappa shape index (κ2) is 6.75. The average Bonchev–Trinajstić information content (AvgIpc) is 2.39. The summed E-state index contributed by atoms with van der Waals surface area (Å²) in [6, 6.07) is 2.34. The third-order valence-corrected chi connectivity index (χ3v) is 3.52. The molecule has 1 atom stereocenters. The lowest BCUT2D eigenvalue weighted by Crippen LogP contribution is -2.31. The maximum Gasteiger partial charge on any atom is 0.138 e. The number of rotatable bonds is 5. The highest BCUT2D eigenvalue weighted by Crippen LogP contribution is 2.29. The minimum Gasteiger partial charge on any atom is -0.370 e. The van der Waals surface area contributed by atoms with Gasteiger partial charge in [-0.1, -0.05) is 20.8 Å². The predicted molar refractivity (Wildman–Crippen MR) is 87.7 cm³/mol. The molecule has 0 aliphatic heterocycles. The molecule has 1 heterocycles. The SMILES string of the molecule is CCNc1nc(C(C)(C)C)nc(N(C)C(C)CC#N)c1C. The second-order valence-corrected chi connectivity index (χ2v) is 6.45. The van der Waals surface area contributed by atoms with Gasteiger partial charge in [-0.2, -0.15) is 5.26 Å². The van der Waals surface area contributed by atoms with Crippen LogP contribution in [0.4, 0.5) is 11.6 Å². The van der Waals surface area contributed by atoms with E-state index in [2.05, 4.69) is 49.0 Å². The Morgan fingerprint density at radius 3 is 2.43 bits per heavy atom. The molecule has 21 heavy (non-hydrogen) atoms. The fourth-order valence-corrected chi connectivity index (χ4v) is 2.00. The van der Waals surface area contributed by atoms with E-state index in [-0.39, 0.29) is 11.5 Å². The summed E-state index contributed by atoms with van der Waals surface area (Å²) in [5.74, 6) is 2.59. The number of nitriles is 1. The lowest BCUT2D eigenvalue weighted by atomic mass is 9.95. The molecule has 0 aromatic carbocycles. The molecule has 1 aromatic rings. The molecule has 0 saturated heterocycles. The zero-order valence-corrected chi connectivity index (χ0v) is 14.3. The first-order chi connectivity index (χ1) is 9.72. The lowest BCUT2D eigenvalue weighted by Gasteiger charge is -2.28. The van der Waals surface area contributed by atoms with Crippen LogP contribution >= 0.6 is 0 Å². The zero-order chi connectivity index (χ0) is 16.2. The highest BCUT2D eigenvalue weighted by atomic mass is 15.2. The van der Waals surface area contributed by atoms with Crippen molar-refractivity contribution in [3.05, 3.63) is 11.4 Å². The van der Waals surface area contributed by atoms with Crippen molar-refractivity contribution < 1.29 is 0 Å². The summed E-state index contributed by atoms with van der Waals surface area (Å²) >= 11 is 0. The van der Waals surface area contributed by atoms with Crippen LogP contribution in [0.5, 0.6) is 0 Å². The van der Waals surface area contributed by atoms with E-state index in [0.717, 1.165) is 29.6 Å². The summed E-state index contributed by atoms with van der Waals surface area (Å²) in [5.41, 5.74) is 0.906. The van der Waals surface area contributed by atoms with Gasteiger partial charge in [0.2, 0.25) is 0 Å². The highest BCUT2D eigenvalue weighted by molar-refractivity contribution is 5.59. The Morgan fingerprint density at radius 1 is 1.33 bits per heavy atom. The van der Waals surface area contributed by atoms with Crippen molar-refractivity contribution >= 4 is 11.6 Å². The van der Waals surface area contributed by atoms with Crippen LogP contribution in [0, 0.1) is 18.3 Å². The van der Waals surface area contributed by atoms with Crippen molar-refractivity contribution in [2.75, 3.05) is 23.8 Å². The average molecular weight is 289 g/mol. The molecule has 0 aliphatic rings. The predicted octanol–water partition coefficient (Wildman–Crippen LogP) is 3.25.